The fourth-order valence-corrected chi connectivity index (χ4v) is 2.78. The van der Waals surface area contributed by atoms with Gasteiger partial charge in [-0.2, -0.15) is 0 Å². The Morgan fingerprint density at radius 3 is 2.40 bits per heavy atom. The summed E-state index contributed by atoms with van der Waals surface area (Å²) in [7, 11) is 3.94. The summed E-state index contributed by atoms with van der Waals surface area (Å²) in [6.45, 7) is 3.79. The van der Waals surface area contributed by atoms with Crippen LogP contribution in [0.5, 0.6) is 0 Å². The van der Waals surface area contributed by atoms with Crippen molar-refractivity contribution >= 4 is 17.7 Å². The van der Waals surface area contributed by atoms with Gasteiger partial charge in [0.05, 0.1) is 6.61 Å². The highest BCUT2D eigenvalue weighted by molar-refractivity contribution is 5.94. The second-order valence-electron chi connectivity index (χ2n) is 6.64. The molecule has 0 spiro atoms. The number of nitrogens with zero attached hydrogens (tertiary/aromatic N) is 2. The maximum Gasteiger partial charge on any atom is 0.409 e. The lowest BCUT2D eigenvalue weighted by Crippen LogP contribution is -2.46. The molecule has 0 atom stereocenters. The molecule has 2 rings (SSSR count). The molecule has 1 aliphatic rings. The molecule has 25 heavy (non-hydrogen) atoms. The Hall–Kier alpha value is -2.24. The van der Waals surface area contributed by atoms with Crippen molar-refractivity contribution in [3.8, 4) is 0 Å². The van der Waals surface area contributed by atoms with E-state index in [-0.39, 0.29) is 18.0 Å². The number of carbonyl (C=O) groups is 2. The first-order valence-corrected chi connectivity index (χ1v) is 9.01. The quantitative estimate of drug-likeness (QED) is 0.804. The van der Waals surface area contributed by atoms with Gasteiger partial charge < -0.3 is 19.9 Å². The van der Waals surface area contributed by atoms with Gasteiger partial charge in [-0.15, -0.1) is 0 Å². The highest BCUT2D eigenvalue weighted by Gasteiger charge is 2.24. The number of hydrogen-bond donors (Lipinski definition) is 1. The average molecular weight is 347 g/mol. The van der Waals surface area contributed by atoms with E-state index < -0.39 is 0 Å². The van der Waals surface area contributed by atoms with Crippen molar-refractivity contribution < 1.29 is 14.3 Å². The molecule has 1 saturated heterocycles. The maximum absolute atomic E-state index is 12.4. The standard InChI is InChI=1S/C19H29N3O3/c1-4-5-14-25-19(24)22-12-10-16(11-13-22)20-18(23)15-6-8-17(9-7-15)21(2)3/h6-9,16H,4-5,10-14H2,1-3H3,(H,20,23). The molecule has 1 fully saturated rings. The summed E-state index contributed by atoms with van der Waals surface area (Å²) in [4.78, 5) is 28.0. The molecule has 6 nitrogen and oxygen atoms in total. The number of anilines is 1. The van der Waals surface area contributed by atoms with Crippen LogP contribution in [0.2, 0.25) is 0 Å². The minimum Gasteiger partial charge on any atom is -0.449 e. The first-order valence-electron chi connectivity index (χ1n) is 9.01. The first-order chi connectivity index (χ1) is 12.0. The Morgan fingerprint density at radius 1 is 1.20 bits per heavy atom. The third-order valence-corrected chi connectivity index (χ3v) is 4.46. The summed E-state index contributed by atoms with van der Waals surface area (Å²) < 4.78 is 5.23. The van der Waals surface area contributed by atoms with Crippen molar-refractivity contribution in [2.45, 2.75) is 38.6 Å². The molecule has 1 aromatic rings. The number of piperidine rings is 1. The zero-order chi connectivity index (χ0) is 18.2. The van der Waals surface area contributed by atoms with E-state index in [0.29, 0.717) is 25.3 Å². The predicted octanol–water partition coefficient (Wildman–Crippen LogP) is 2.88. The van der Waals surface area contributed by atoms with Gasteiger partial charge in [0.25, 0.3) is 5.91 Å². The third-order valence-electron chi connectivity index (χ3n) is 4.46. The van der Waals surface area contributed by atoms with E-state index in [1.54, 1.807) is 4.90 Å². The minimum absolute atomic E-state index is 0.0609. The topological polar surface area (TPSA) is 61.9 Å². The molecule has 0 aliphatic carbocycles. The smallest absolute Gasteiger partial charge is 0.409 e. The van der Waals surface area contributed by atoms with Gasteiger partial charge in [-0.3, -0.25) is 4.79 Å². The van der Waals surface area contributed by atoms with Gasteiger partial charge in [0, 0.05) is 44.5 Å². The van der Waals surface area contributed by atoms with Gasteiger partial charge in [0.2, 0.25) is 0 Å². The summed E-state index contributed by atoms with van der Waals surface area (Å²) in [5, 5.41) is 3.06. The number of amides is 2. The summed E-state index contributed by atoms with van der Waals surface area (Å²) in [6, 6.07) is 7.64. The molecule has 0 unspecified atom stereocenters. The van der Waals surface area contributed by atoms with E-state index in [0.717, 1.165) is 31.4 Å². The van der Waals surface area contributed by atoms with E-state index in [1.807, 2.05) is 43.3 Å². The Kier molecular flexibility index (Phi) is 7.10. The van der Waals surface area contributed by atoms with Crippen LogP contribution in [-0.4, -0.2) is 56.7 Å². The van der Waals surface area contributed by atoms with Gasteiger partial charge in [0.1, 0.15) is 0 Å². The van der Waals surface area contributed by atoms with Crippen molar-refractivity contribution in [2.24, 2.45) is 0 Å². The van der Waals surface area contributed by atoms with Gasteiger partial charge >= 0.3 is 6.09 Å². The number of hydrogen-bond acceptors (Lipinski definition) is 4. The summed E-state index contributed by atoms with van der Waals surface area (Å²) in [6.07, 6.45) is 3.17. The zero-order valence-electron chi connectivity index (χ0n) is 15.5. The molecule has 1 aliphatic heterocycles. The number of unbranched alkanes of at least 4 members (excludes halogenated alkanes) is 1. The third kappa shape index (κ3) is 5.66. The largest absolute Gasteiger partial charge is 0.449 e. The molecular weight excluding hydrogens is 318 g/mol. The van der Waals surface area contributed by atoms with Crippen molar-refractivity contribution in [2.75, 3.05) is 38.7 Å². The predicted molar refractivity (Wildman–Crippen MR) is 99.1 cm³/mol. The molecule has 2 amide bonds. The number of ether oxygens (including phenoxy) is 1. The Balaban J connectivity index is 1.77. The van der Waals surface area contributed by atoms with Crippen LogP contribution < -0.4 is 10.2 Å². The summed E-state index contributed by atoms with van der Waals surface area (Å²) >= 11 is 0. The minimum atomic E-state index is -0.238. The molecule has 0 saturated carbocycles. The highest BCUT2D eigenvalue weighted by Crippen LogP contribution is 2.15. The first kappa shape index (κ1) is 19.1. The second-order valence-corrected chi connectivity index (χ2v) is 6.64. The van der Waals surface area contributed by atoms with Crippen molar-refractivity contribution in [3.05, 3.63) is 29.8 Å². The molecule has 1 heterocycles. The van der Waals surface area contributed by atoms with Crippen LogP contribution in [-0.2, 0) is 4.74 Å². The Bertz CT molecular complexity index is 564. The number of carbonyl (C=O) groups excluding carboxylic acids is 2. The van der Waals surface area contributed by atoms with E-state index in [9.17, 15) is 9.59 Å². The fourth-order valence-electron chi connectivity index (χ4n) is 2.78. The van der Waals surface area contributed by atoms with Crippen LogP contribution in [0.4, 0.5) is 10.5 Å². The number of rotatable bonds is 6. The molecule has 0 bridgehead atoms. The van der Waals surface area contributed by atoms with E-state index in [1.165, 1.54) is 0 Å². The molecule has 0 radical (unpaired) electrons. The van der Waals surface area contributed by atoms with Gasteiger partial charge in [-0.1, -0.05) is 13.3 Å². The van der Waals surface area contributed by atoms with Gasteiger partial charge in [0.15, 0.2) is 0 Å². The lowest BCUT2D eigenvalue weighted by molar-refractivity contribution is 0.0836. The monoisotopic (exact) mass is 347 g/mol. The molecule has 1 aromatic carbocycles. The summed E-state index contributed by atoms with van der Waals surface area (Å²) in [5.74, 6) is -0.0609. The van der Waals surface area contributed by atoms with Gasteiger partial charge in [-0.25, -0.2) is 4.79 Å². The Labute approximate surface area is 150 Å². The van der Waals surface area contributed by atoms with E-state index >= 15 is 0 Å². The van der Waals surface area contributed by atoms with Crippen LogP contribution in [0, 0.1) is 0 Å². The molecular formula is C19H29N3O3. The Morgan fingerprint density at radius 2 is 1.84 bits per heavy atom. The maximum atomic E-state index is 12.4. The number of benzene rings is 1. The van der Waals surface area contributed by atoms with E-state index in [2.05, 4.69) is 12.2 Å². The molecule has 1 N–H and O–H groups in total. The molecule has 6 heteroatoms. The van der Waals surface area contributed by atoms with Gasteiger partial charge in [-0.05, 0) is 43.5 Å². The fraction of sp³-hybridized carbons (Fsp3) is 0.579. The highest BCUT2D eigenvalue weighted by atomic mass is 16.6. The van der Waals surface area contributed by atoms with Crippen LogP contribution in [0.3, 0.4) is 0 Å². The number of nitrogens with one attached hydrogen (secondary N) is 1. The van der Waals surface area contributed by atoms with E-state index in [4.69, 9.17) is 4.74 Å². The summed E-state index contributed by atoms with van der Waals surface area (Å²) in [5.41, 5.74) is 1.72. The van der Waals surface area contributed by atoms with Crippen LogP contribution in [0.25, 0.3) is 0 Å². The van der Waals surface area contributed by atoms with Crippen LogP contribution >= 0.6 is 0 Å². The lowest BCUT2D eigenvalue weighted by Gasteiger charge is -2.31. The van der Waals surface area contributed by atoms with Crippen molar-refractivity contribution in [1.29, 1.82) is 0 Å². The normalized spacial score (nSPS) is 14.9. The second kappa shape index (κ2) is 9.30. The number of likely N-dealkylation sites (tertiary alicyclic amines) is 1. The zero-order valence-corrected chi connectivity index (χ0v) is 15.5. The van der Waals surface area contributed by atoms with Crippen LogP contribution in [0.15, 0.2) is 24.3 Å². The molecule has 0 aromatic heterocycles. The molecule has 138 valence electrons. The SMILES string of the molecule is CCCCOC(=O)N1CCC(NC(=O)c2ccc(N(C)C)cc2)CC1. The average Bonchev–Trinajstić information content (AvgIpc) is 2.62. The lowest BCUT2D eigenvalue weighted by atomic mass is 10.0. The van der Waals surface area contributed by atoms with Crippen molar-refractivity contribution in [3.63, 3.8) is 0 Å². The van der Waals surface area contributed by atoms with Crippen LogP contribution in [0.1, 0.15) is 43.0 Å². The van der Waals surface area contributed by atoms with Crippen molar-refractivity contribution in [1.82, 2.24) is 10.2 Å².